The van der Waals surface area contributed by atoms with E-state index < -0.39 is 0 Å². The molecular weight excluding hydrogens is 240 g/mol. The van der Waals surface area contributed by atoms with Crippen molar-refractivity contribution in [2.75, 3.05) is 0 Å². The van der Waals surface area contributed by atoms with Gasteiger partial charge in [0.1, 0.15) is 4.60 Å². The first-order valence-corrected chi connectivity index (χ1v) is 3.38. The van der Waals surface area contributed by atoms with Gasteiger partial charge in [0.2, 0.25) is 0 Å². The Balaban J connectivity index is 3.14. The van der Waals surface area contributed by atoms with Gasteiger partial charge in [0.15, 0.2) is 0 Å². The molecule has 0 radical (unpaired) electrons. The molecule has 1 aromatic rings. The highest BCUT2D eigenvalue weighted by Gasteiger charge is 1.98. The lowest BCUT2D eigenvalue weighted by Gasteiger charge is -1.78. The van der Waals surface area contributed by atoms with E-state index in [0.29, 0.717) is 4.60 Å². The van der Waals surface area contributed by atoms with E-state index in [2.05, 4.69) is 37.0 Å². The van der Waals surface area contributed by atoms with Crippen LogP contribution in [0.5, 0.6) is 0 Å². The molecule has 0 saturated carbocycles. The zero-order valence-electron chi connectivity index (χ0n) is 3.67. The molecule has 3 nitrogen and oxygen atoms in total. The van der Waals surface area contributed by atoms with E-state index in [1.807, 2.05) is 0 Å². The van der Waals surface area contributed by atoms with Crippen molar-refractivity contribution in [3.8, 4) is 0 Å². The van der Waals surface area contributed by atoms with Crippen LogP contribution in [0.2, 0.25) is 0 Å². The van der Waals surface area contributed by atoms with Crippen molar-refractivity contribution < 1.29 is 5.21 Å². The highest BCUT2D eigenvalue weighted by Crippen LogP contribution is 2.18. The van der Waals surface area contributed by atoms with Gasteiger partial charge < -0.3 is 5.21 Å². The lowest BCUT2D eigenvalue weighted by atomic mass is 10.8. The van der Waals surface area contributed by atoms with Crippen molar-refractivity contribution in [1.29, 1.82) is 0 Å². The summed E-state index contributed by atoms with van der Waals surface area (Å²) in [5.74, 6) is 0. The number of halogens is 2. The molecule has 0 fully saturated rings. The Kier molecular flexibility index (Phi) is 1.57. The van der Waals surface area contributed by atoms with E-state index in [1.165, 1.54) is 6.20 Å². The topological polar surface area (TPSA) is 38.0 Å². The van der Waals surface area contributed by atoms with Crippen LogP contribution in [0.4, 0.5) is 0 Å². The maximum atomic E-state index is 8.58. The molecule has 8 heavy (non-hydrogen) atoms. The third kappa shape index (κ3) is 1.03. The second-order valence-corrected chi connectivity index (χ2v) is 2.79. The van der Waals surface area contributed by atoms with Crippen molar-refractivity contribution in [1.82, 2.24) is 9.94 Å². The molecule has 0 aromatic carbocycles. The van der Waals surface area contributed by atoms with Gasteiger partial charge in [0.25, 0.3) is 0 Å². The van der Waals surface area contributed by atoms with Crippen LogP contribution in [0.25, 0.3) is 0 Å². The summed E-state index contributed by atoms with van der Waals surface area (Å²) in [6.07, 6.45) is 1.43. The normalized spacial score (nSPS) is 9.75. The molecule has 0 aliphatic carbocycles. The van der Waals surface area contributed by atoms with Gasteiger partial charge in [0, 0.05) is 0 Å². The Labute approximate surface area is 62.5 Å². The summed E-state index contributed by atoms with van der Waals surface area (Å²) in [6.45, 7) is 0. The lowest BCUT2D eigenvalue weighted by molar-refractivity contribution is 0.148. The lowest BCUT2D eigenvalue weighted by Crippen LogP contribution is -1.87. The van der Waals surface area contributed by atoms with Gasteiger partial charge in [-0.05, 0) is 31.9 Å². The van der Waals surface area contributed by atoms with Crippen molar-refractivity contribution in [3.05, 3.63) is 15.3 Å². The Morgan fingerprint density at radius 2 is 2.25 bits per heavy atom. The SMILES string of the molecule is On1cc(Br)c(Br)n1. The molecule has 0 aliphatic heterocycles. The summed E-state index contributed by atoms with van der Waals surface area (Å²) in [4.78, 5) is 0.730. The quantitative estimate of drug-likeness (QED) is 0.702. The maximum Gasteiger partial charge on any atom is 0.145 e. The summed E-state index contributed by atoms with van der Waals surface area (Å²) >= 11 is 6.20. The first-order valence-electron chi connectivity index (χ1n) is 1.80. The largest absolute Gasteiger partial charge is 0.412 e. The average molecular weight is 242 g/mol. The van der Waals surface area contributed by atoms with Gasteiger partial charge in [0.05, 0.1) is 10.7 Å². The van der Waals surface area contributed by atoms with E-state index in [9.17, 15) is 0 Å². The monoisotopic (exact) mass is 240 g/mol. The molecule has 0 bridgehead atoms. The smallest absolute Gasteiger partial charge is 0.145 e. The maximum absolute atomic E-state index is 8.58. The molecule has 44 valence electrons. The van der Waals surface area contributed by atoms with Crippen LogP contribution < -0.4 is 0 Å². The molecule has 1 rings (SSSR count). The van der Waals surface area contributed by atoms with Gasteiger partial charge in [-0.2, -0.15) is 0 Å². The third-order valence-electron chi connectivity index (χ3n) is 0.616. The summed E-state index contributed by atoms with van der Waals surface area (Å²) in [7, 11) is 0. The minimum atomic E-state index is 0.597. The molecule has 0 aliphatic rings. The summed E-state index contributed by atoms with van der Waals surface area (Å²) in [5, 5.41) is 12.1. The van der Waals surface area contributed by atoms with Crippen LogP contribution in [0.1, 0.15) is 0 Å². The van der Waals surface area contributed by atoms with Crippen LogP contribution in [0, 0.1) is 0 Å². The fourth-order valence-electron chi connectivity index (χ4n) is 0.321. The minimum absolute atomic E-state index is 0.597. The summed E-state index contributed by atoms with van der Waals surface area (Å²) in [5.41, 5.74) is 0. The van der Waals surface area contributed by atoms with E-state index >= 15 is 0 Å². The van der Waals surface area contributed by atoms with Crippen LogP contribution in [-0.4, -0.2) is 15.2 Å². The fraction of sp³-hybridized carbons (Fsp3) is 0. The van der Waals surface area contributed by atoms with E-state index in [0.717, 1.165) is 9.32 Å². The van der Waals surface area contributed by atoms with Crippen molar-refractivity contribution >= 4 is 31.9 Å². The number of aromatic nitrogens is 2. The molecule has 0 saturated heterocycles. The molecule has 0 amide bonds. The van der Waals surface area contributed by atoms with Crippen molar-refractivity contribution in [2.24, 2.45) is 0 Å². The highest BCUT2D eigenvalue weighted by atomic mass is 79.9. The van der Waals surface area contributed by atoms with Gasteiger partial charge in [-0.3, -0.25) is 0 Å². The predicted octanol–water partition coefficient (Wildman–Crippen LogP) is 1.65. The van der Waals surface area contributed by atoms with Crippen LogP contribution >= 0.6 is 31.9 Å². The van der Waals surface area contributed by atoms with Crippen molar-refractivity contribution in [3.63, 3.8) is 0 Å². The number of hydrogen-bond donors (Lipinski definition) is 1. The second-order valence-electron chi connectivity index (χ2n) is 1.19. The Bertz CT molecular complexity index is 178. The van der Waals surface area contributed by atoms with Gasteiger partial charge >= 0.3 is 0 Å². The zero-order chi connectivity index (χ0) is 6.15. The molecular formula is C3H2Br2N2O. The third-order valence-corrected chi connectivity index (χ3v) is 2.31. The van der Waals surface area contributed by atoms with Gasteiger partial charge in [-0.15, -0.1) is 9.94 Å². The number of nitrogens with zero attached hydrogens (tertiary/aromatic N) is 2. The molecule has 0 spiro atoms. The summed E-state index contributed by atoms with van der Waals surface area (Å²) < 4.78 is 1.33. The average Bonchev–Trinajstić information content (AvgIpc) is 1.85. The van der Waals surface area contributed by atoms with E-state index in [1.54, 1.807) is 0 Å². The molecule has 1 N–H and O–H groups in total. The number of hydrogen-bond acceptors (Lipinski definition) is 2. The van der Waals surface area contributed by atoms with Gasteiger partial charge in [-0.25, -0.2) is 0 Å². The molecule has 5 heteroatoms. The van der Waals surface area contributed by atoms with Crippen LogP contribution in [-0.2, 0) is 0 Å². The van der Waals surface area contributed by atoms with Crippen molar-refractivity contribution in [2.45, 2.75) is 0 Å². The molecule has 0 atom stereocenters. The minimum Gasteiger partial charge on any atom is -0.412 e. The Morgan fingerprint density at radius 3 is 2.38 bits per heavy atom. The molecule has 1 aromatic heterocycles. The highest BCUT2D eigenvalue weighted by molar-refractivity contribution is 9.13. The Hall–Kier alpha value is -0.0300. The summed E-state index contributed by atoms with van der Waals surface area (Å²) in [6, 6.07) is 0. The number of rotatable bonds is 0. The van der Waals surface area contributed by atoms with Crippen LogP contribution in [0.15, 0.2) is 15.3 Å². The van der Waals surface area contributed by atoms with E-state index in [-0.39, 0.29) is 0 Å². The standard InChI is InChI=1S/C3H2Br2N2O/c4-2-1-7(8)6-3(2)5/h1,8H. The zero-order valence-corrected chi connectivity index (χ0v) is 6.85. The van der Waals surface area contributed by atoms with Gasteiger partial charge in [-0.1, -0.05) is 0 Å². The molecule has 0 unspecified atom stereocenters. The molecule has 1 heterocycles. The van der Waals surface area contributed by atoms with E-state index in [4.69, 9.17) is 5.21 Å². The fourth-order valence-corrected chi connectivity index (χ4v) is 0.849. The second kappa shape index (κ2) is 2.06. The Morgan fingerprint density at radius 1 is 1.62 bits per heavy atom. The first kappa shape index (κ1) is 6.10. The first-order chi connectivity index (χ1) is 3.70. The van der Waals surface area contributed by atoms with Crippen LogP contribution in [0.3, 0.4) is 0 Å². The predicted molar refractivity (Wildman–Crippen MR) is 34.8 cm³/mol.